The average Bonchev–Trinajstić information content (AvgIpc) is 3.06. The van der Waals surface area contributed by atoms with Crippen LogP contribution < -0.4 is 4.57 Å². The molecule has 0 saturated heterocycles. The van der Waals surface area contributed by atoms with Gasteiger partial charge < -0.3 is 0 Å². The van der Waals surface area contributed by atoms with E-state index in [2.05, 4.69) is 54.0 Å². The largest absolute Gasteiger partial charge is 0.243 e. The summed E-state index contributed by atoms with van der Waals surface area (Å²) in [7, 11) is 2.09. The first-order valence-corrected chi connectivity index (χ1v) is 11.5. The Labute approximate surface area is 163 Å². The van der Waals surface area contributed by atoms with Crippen molar-refractivity contribution in [1.82, 2.24) is 4.57 Å². The third-order valence-electron chi connectivity index (χ3n) is 5.25. The molecular weight excluding hydrogens is 316 g/mol. The van der Waals surface area contributed by atoms with E-state index < -0.39 is 0 Å². The zero-order chi connectivity index (χ0) is 18.7. The fourth-order valence-corrected chi connectivity index (χ4v) is 3.53. The van der Waals surface area contributed by atoms with Crippen LogP contribution in [0.25, 0.3) is 0 Å². The number of allylic oxidation sites excluding steroid dienone is 2. The van der Waals surface area contributed by atoms with Gasteiger partial charge in [-0.05, 0) is 38.5 Å². The van der Waals surface area contributed by atoms with Crippen molar-refractivity contribution >= 4 is 0 Å². The average molecular weight is 362 g/mol. The van der Waals surface area contributed by atoms with Crippen LogP contribution in [-0.4, -0.2) is 4.57 Å². The van der Waals surface area contributed by atoms with Gasteiger partial charge in [-0.15, -0.1) is 0 Å². The summed E-state index contributed by atoms with van der Waals surface area (Å²) in [6.07, 6.45) is 33.5. The summed E-state index contributed by atoms with van der Waals surface area (Å²) in [5, 5.41) is 0. The minimum absolute atomic E-state index is 1.17. The molecule has 0 atom stereocenters. The maximum atomic E-state index is 2.42. The Morgan fingerprint density at radius 1 is 0.692 bits per heavy atom. The Balaban J connectivity index is 1.73. The van der Waals surface area contributed by atoms with E-state index in [1.807, 2.05) is 0 Å². The lowest BCUT2D eigenvalue weighted by Crippen LogP contribution is -2.23. The first-order chi connectivity index (χ1) is 12.8. The van der Waals surface area contributed by atoms with Crippen molar-refractivity contribution in [1.29, 1.82) is 0 Å². The van der Waals surface area contributed by atoms with Crippen LogP contribution >= 0.6 is 0 Å². The third-order valence-corrected chi connectivity index (χ3v) is 5.25. The van der Waals surface area contributed by atoms with Crippen LogP contribution in [0.2, 0.25) is 0 Å². The Morgan fingerprint density at radius 2 is 1.19 bits per heavy atom. The second-order valence-electron chi connectivity index (χ2n) is 7.96. The lowest BCUT2D eigenvalue weighted by molar-refractivity contribution is -0.671. The first-order valence-electron chi connectivity index (χ1n) is 11.5. The van der Waals surface area contributed by atoms with E-state index in [4.69, 9.17) is 0 Å². The summed E-state index contributed by atoms with van der Waals surface area (Å²) >= 11 is 0. The third kappa shape index (κ3) is 14.2. The summed E-state index contributed by atoms with van der Waals surface area (Å²) in [4.78, 5) is 0. The minimum Gasteiger partial charge on any atom is -0.240 e. The highest BCUT2D eigenvalue weighted by atomic mass is 15.1. The zero-order valence-corrected chi connectivity index (χ0v) is 17.8. The molecule has 2 nitrogen and oxygen atoms in total. The van der Waals surface area contributed by atoms with Crippen LogP contribution in [-0.2, 0) is 13.6 Å². The molecule has 150 valence electrons. The molecule has 0 amide bonds. The van der Waals surface area contributed by atoms with Gasteiger partial charge in [-0.2, -0.15) is 0 Å². The van der Waals surface area contributed by atoms with Crippen LogP contribution in [0.4, 0.5) is 0 Å². The lowest BCUT2D eigenvalue weighted by Gasteiger charge is -2.01. The summed E-state index contributed by atoms with van der Waals surface area (Å²) in [5.41, 5.74) is 0. The van der Waals surface area contributed by atoms with E-state index in [0.29, 0.717) is 0 Å². The number of rotatable bonds is 18. The van der Waals surface area contributed by atoms with Gasteiger partial charge in [-0.1, -0.05) is 83.3 Å². The second-order valence-corrected chi connectivity index (χ2v) is 7.96. The molecule has 0 bridgehead atoms. The van der Waals surface area contributed by atoms with Crippen LogP contribution in [0.15, 0.2) is 30.9 Å². The van der Waals surface area contributed by atoms with Gasteiger partial charge in [0.15, 0.2) is 0 Å². The van der Waals surface area contributed by atoms with Crippen molar-refractivity contribution in [3.63, 3.8) is 0 Å². The monoisotopic (exact) mass is 361 g/mol. The van der Waals surface area contributed by atoms with E-state index in [1.165, 1.54) is 109 Å². The maximum absolute atomic E-state index is 2.42. The number of aryl methyl sites for hydroxylation is 2. The van der Waals surface area contributed by atoms with Gasteiger partial charge in [0.2, 0.25) is 6.33 Å². The number of unbranched alkanes of at least 4 members (excludes halogenated alkanes) is 14. The molecule has 1 aromatic heterocycles. The molecule has 0 N–H and O–H groups in total. The van der Waals surface area contributed by atoms with E-state index in [-0.39, 0.29) is 0 Å². The van der Waals surface area contributed by atoms with Crippen molar-refractivity contribution in [3.05, 3.63) is 30.9 Å². The summed E-state index contributed by atoms with van der Waals surface area (Å²) in [6.45, 7) is 3.46. The molecule has 1 rings (SSSR count). The van der Waals surface area contributed by atoms with Crippen molar-refractivity contribution < 1.29 is 4.57 Å². The van der Waals surface area contributed by atoms with Gasteiger partial charge >= 0.3 is 0 Å². The first kappa shape index (κ1) is 23.0. The normalized spacial score (nSPS) is 11.6. The molecule has 0 unspecified atom stereocenters. The fraction of sp³-hybridized carbons (Fsp3) is 0.792. The molecule has 1 aromatic rings. The molecule has 0 saturated carbocycles. The van der Waals surface area contributed by atoms with Crippen LogP contribution in [0, 0.1) is 0 Å². The quantitative estimate of drug-likeness (QED) is 0.149. The molecule has 0 fully saturated rings. The van der Waals surface area contributed by atoms with Crippen molar-refractivity contribution in [2.45, 2.75) is 116 Å². The number of aromatic nitrogens is 2. The molecule has 26 heavy (non-hydrogen) atoms. The highest BCUT2D eigenvalue weighted by molar-refractivity contribution is 4.81. The van der Waals surface area contributed by atoms with Crippen LogP contribution in [0.3, 0.4) is 0 Å². The van der Waals surface area contributed by atoms with Gasteiger partial charge in [0.05, 0.1) is 13.6 Å². The number of hydrogen-bond acceptors (Lipinski definition) is 0. The fourth-order valence-electron chi connectivity index (χ4n) is 3.53. The molecule has 0 aliphatic rings. The summed E-state index contributed by atoms with van der Waals surface area (Å²) in [5.74, 6) is 0. The highest BCUT2D eigenvalue weighted by Crippen LogP contribution is 2.11. The molecule has 0 aliphatic heterocycles. The maximum Gasteiger partial charge on any atom is 0.243 e. The Morgan fingerprint density at radius 3 is 1.69 bits per heavy atom. The summed E-state index contributed by atoms with van der Waals surface area (Å²) in [6, 6.07) is 0. The highest BCUT2D eigenvalue weighted by Gasteiger charge is 1.99. The van der Waals surface area contributed by atoms with Crippen molar-refractivity contribution in [2.75, 3.05) is 0 Å². The number of nitrogens with zero attached hydrogens (tertiary/aromatic N) is 2. The van der Waals surface area contributed by atoms with Crippen molar-refractivity contribution in [2.24, 2.45) is 7.05 Å². The van der Waals surface area contributed by atoms with Gasteiger partial charge in [0.25, 0.3) is 0 Å². The molecule has 0 aromatic carbocycles. The zero-order valence-electron chi connectivity index (χ0n) is 17.8. The van der Waals surface area contributed by atoms with Gasteiger partial charge in [-0.3, -0.25) is 0 Å². The molecule has 2 heteroatoms. The Hall–Kier alpha value is -1.05. The van der Waals surface area contributed by atoms with E-state index in [1.54, 1.807) is 0 Å². The number of imidazole rings is 1. The topological polar surface area (TPSA) is 8.81 Å². The molecule has 0 radical (unpaired) electrons. The molecule has 0 spiro atoms. The van der Waals surface area contributed by atoms with Crippen molar-refractivity contribution in [3.8, 4) is 0 Å². The molecule has 0 aliphatic carbocycles. The smallest absolute Gasteiger partial charge is 0.240 e. The van der Waals surface area contributed by atoms with E-state index >= 15 is 0 Å². The number of hydrogen-bond donors (Lipinski definition) is 0. The predicted octanol–water partition coefficient (Wildman–Crippen LogP) is 7.13. The minimum atomic E-state index is 1.17. The van der Waals surface area contributed by atoms with Crippen LogP contribution in [0.1, 0.15) is 110 Å². The Kier molecular flexibility index (Phi) is 15.4. The Bertz CT molecular complexity index is 433. The second kappa shape index (κ2) is 17.4. The molecule has 1 heterocycles. The van der Waals surface area contributed by atoms with E-state index in [9.17, 15) is 0 Å². The lowest BCUT2D eigenvalue weighted by atomic mass is 10.1. The molecular formula is C24H45N2+. The summed E-state index contributed by atoms with van der Waals surface area (Å²) < 4.78 is 4.41. The van der Waals surface area contributed by atoms with Gasteiger partial charge in [-0.25, -0.2) is 9.13 Å². The van der Waals surface area contributed by atoms with E-state index in [0.717, 1.165) is 0 Å². The van der Waals surface area contributed by atoms with Gasteiger partial charge in [0, 0.05) is 0 Å². The predicted molar refractivity (Wildman–Crippen MR) is 114 cm³/mol. The van der Waals surface area contributed by atoms with Gasteiger partial charge in [0.1, 0.15) is 12.4 Å². The SMILES string of the molecule is CCCCCCCC/C=C\CCCCCCCCCCn1cc[n+](C)c1. The standard InChI is InChI=1S/C24H45N2/c1-3-4-5-6-7-8-9-10-11-12-13-14-15-16-17-18-19-20-21-26-23-22-25(2)24-26/h10-11,22-24H,3-9,12-21H2,1-2H3/q+1/b11-10-. The van der Waals surface area contributed by atoms with Crippen LogP contribution in [0.5, 0.6) is 0 Å².